The van der Waals surface area contributed by atoms with E-state index in [0.717, 1.165) is 0 Å². The molecule has 0 aromatic carbocycles. The SMILES string of the molecule is CC(CC(F)(F)F)Nc1cc(NN)ncn1. The molecule has 1 aromatic heterocycles. The Bertz CT molecular complexity index is 341. The van der Waals surface area contributed by atoms with Crippen LogP contribution in [-0.2, 0) is 0 Å². The zero-order valence-corrected chi connectivity index (χ0v) is 8.54. The van der Waals surface area contributed by atoms with Crippen LogP contribution in [0.4, 0.5) is 24.8 Å². The van der Waals surface area contributed by atoms with Gasteiger partial charge in [0.25, 0.3) is 0 Å². The average molecular weight is 235 g/mol. The summed E-state index contributed by atoms with van der Waals surface area (Å²) in [5, 5.41) is 2.61. The van der Waals surface area contributed by atoms with Crippen molar-refractivity contribution in [2.24, 2.45) is 5.84 Å². The van der Waals surface area contributed by atoms with Crippen LogP contribution >= 0.6 is 0 Å². The molecule has 0 radical (unpaired) electrons. The maximum atomic E-state index is 12.0. The molecule has 5 nitrogen and oxygen atoms in total. The summed E-state index contributed by atoms with van der Waals surface area (Å²) in [7, 11) is 0. The Kier molecular flexibility index (Phi) is 3.88. The average Bonchev–Trinajstić information content (AvgIpc) is 2.15. The number of nitrogens with one attached hydrogen (secondary N) is 2. The number of nitrogen functional groups attached to an aromatic ring is 1. The lowest BCUT2D eigenvalue weighted by Crippen LogP contribution is -2.24. The first-order chi connectivity index (χ1) is 7.40. The maximum absolute atomic E-state index is 12.0. The van der Waals surface area contributed by atoms with Crippen LogP contribution in [0, 0.1) is 0 Å². The van der Waals surface area contributed by atoms with E-state index in [1.54, 1.807) is 0 Å². The van der Waals surface area contributed by atoms with E-state index in [4.69, 9.17) is 5.84 Å². The minimum absolute atomic E-state index is 0.291. The Labute approximate surface area is 90.2 Å². The van der Waals surface area contributed by atoms with Gasteiger partial charge >= 0.3 is 6.18 Å². The molecule has 90 valence electrons. The fourth-order valence-electron chi connectivity index (χ4n) is 1.17. The highest BCUT2D eigenvalue weighted by molar-refractivity contribution is 5.45. The third-order valence-electron chi connectivity index (χ3n) is 1.75. The quantitative estimate of drug-likeness (QED) is 0.545. The Morgan fingerprint density at radius 1 is 1.38 bits per heavy atom. The molecule has 0 spiro atoms. The molecule has 1 heterocycles. The molecular formula is C8H12F3N5. The molecule has 1 rings (SSSR count). The lowest BCUT2D eigenvalue weighted by Gasteiger charge is -2.16. The monoisotopic (exact) mass is 235 g/mol. The van der Waals surface area contributed by atoms with Crippen LogP contribution < -0.4 is 16.6 Å². The van der Waals surface area contributed by atoms with Crippen molar-refractivity contribution in [3.63, 3.8) is 0 Å². The highest BCUT2D eigenvalue weighted by Gasteiger charge is 2.30. The van der Waals surface area contributed by atoms with Gasteiger partial charge in [-0.15, -0.1) is 0 Å². The summed E-state index contributed by atoms with van der Waals surface area (Å²) in [4.78, 5) is 7.50. The Balaban J connectivity index is 2.59. The van der Waals surface area contributed by atoms with Gasteiger partial charge in [0.2, 0.25) is 0 Å². The molecule has 8 heteroatoms. The van der Waals surface area contributed by atoms with E-state index in [-0.39, 0.29) is 0 Å². The van der Waals surface area contributed by atoms with Crippen molar-refractivity contribution in [3.8, 4) is 0 Å². The second-order valence-corrected chi connectivity index (χ2v) is 3.30. The minimum atomic E-state index is -4.20. The number of hydrazine groups is 1. The number of halogens is 3. The van der Waals surface area contributed by atoms with Crippen LogP contribution in [0.1, 0.15) is 13.3 Å². The van der Waals surface area contributed by atoms with Crippen molar-refractivity contribution in [1.29, 1.82) is 0 Å². The van der Waals surface area contributed by atoms with Gasteiger partial charge in [-0.25, -0.2) is 15.8 Å². The van der Waals surface area contributed by atoms with E-state index in [1.165, 1.54) is 19.3 Å². The van der Waals surface area contributed by atoms with E-state index in [1.807, 2.05) is 0 Å². The van der Waals surface area contributed by atoms with Gasteiger partial charge in [0.1, 0.15) is 18.0 Å². The summed E-state index contributed by atoms with van der Waals surface area (Å²) in [5.41, 5.74) is 2.28. The summed E-state index contributed by atoms with van der Waals surface area (Å²) >= 11 is 0. The van der Waals surface area contributed by atoms with Crippen molar-refractivity contribution in [1.82, 2.24) is 9.97 Å². The van der Waals surface area contributed by atoms with Crippen molar-refractivity contribution in [2.75, 3.05) is 10.7 Å². The molecule has 0 amide bonds. The molecule has 1 atom stereocenters. The second-order valence-electron chi connectivity index (χ2n) is 3.30. The van der Waals surface area contributed by atoms with E-state index in [9.17, 15) is 13.2 Å². The number of alkyl halides is 3. The van der Waals surface area contributed by atoms with Crippen LogP contribution in [0.25, 0.3) is 0 Å². The van der Waals surface area contributed by atoms with Gasteiger partial charge in [0.15, 0.2) is 0 Å². The van der Waals surface area contributed by atoms with Gasteiger partial charge in [0, 0.05) is 12.1 Å². The largest absolute Gasteiger partial charge is 0.391 e. The van der Waals surface area contributed by atoms with Gasteiger partial charge < -0.3 is 10.7 Å². The maximum Gasteiger partial charge on any atom is 0.391 e. The summed E-state index contributed by atoms with van der Waals surface area (Å²) in [6.07, 6.45) is -3.92. The zero-order valence-electron chi connectivity index (χ0n) is 8.54. The number of hydrogen-bond donors (Lipinski definition) is 3. The molecule has 4 N–H and O–H groups in total. The summed E-state index contributed by atoms with van der Waals surface area (Å²) in [6, 6.07) is 0.660. The van der Waals surface area contributed by atoms with Crippen LogP contribution in [0.2, 0.25) is 0 Å². The Morgan fingerprint density at radius 3 is 2.56 bits per heavy atom. The molecule has 0 saturated carbocycles. The smallest absolute Gasteiger partial charge is 0.367 e. The number of nitrogens with zero attached hydrogens (tertiary/aromatic N) is 2. The molecule has 0 aliphatic carbocycles. The van der Waals surface area contributed by atoms with Crippen molar-refractivity contribution in [2.45, 2.75) is 25.6 Å². The molecule has 1 unspecified atom stereocenters. The number of anilines is 2. The second kappa shape index (κ2) is 4.97. The Hall–Kier alpha value is -1.57. The first-order valence-electron chi connectivity index (χ1n) is 4.52. The predicted molar refractivity (Wildman–Crippen MR) is 53.6 cm³/mol. The molecule has 0 saturated heterocycles. The lowest BCUT2D eigenvalue weighted by atomic mass is 10.2. The number of nitrogens with two attached hydrogens (primary N) is 1. The van der Waals surface area contributed by atoms with Crippen molar-refractivity contribution >= 4 is 11.6 Å². The normalized spacial score (nSPS) is 13.3. The van der Waals surface area contributed by atoms with Gasteiger partial charge in [-0.1, -0.05) is 0 Å². The van der Waals surface area contributed by atoms with E-state index in [2.05, 4.69) is 20.7 Å². The van der Waals surface area contributed by atoms with Crippen LogP contribution in [-0.4, -0.2) is 22.2 Å². The van der Waals surface area contributed by atoms with Crippen molar-refractivity contribution < 1.29 is 13.2 Å². The molecule has 0 aliphatic heterocycles. The van der Waals surface area contributed by atoms with Crippen molar-refractivity contribution in [3.05, 3.63) is 12.4 Å². The number of rotatable bonds is 4. The zero-order chi connectivity index (χ0) is 12.2. The molecule has 16 heavy (non-hydrogen) atoms. The third-order valence-corrected chi connectivity index (χ3v) is 1.75. The van der Waals surface area contributed by atoms with E-state index < -0.39 is 18.6 Å². The van der Waals surface area contributed by atoms with Crippen LogP contribution in [0.15, 0.2) is 12.4 Å². The first kappa shape index (κ1) is 12.5. The lowest BCUT2D eigenvalue weighted by molar-refractivity contribution is -0.136. The summed E-state index contributed by atoms with van der Waals surface area (Å²) < 4.78 is 36.1. The highest BCUT2D eigenvalue weighted by atomic mass is 19.4. The van der Waals surface area contributed by atoms with Crippen LogP contribution in [0.3, 0.4) is 0 Å². The molecule has 1 aromatic rings. The molecule has 0 bridgehead atoms. The van der Waals surface area contributed by atoms with Gasteiger partial charge in [-0.2, -0.15) is 13.2 Å². The fraction of sp³-hybridized carbons (Fsp3) is 0.500. The molecular weight excluding hydrogens is 223 g/mol. The summed E-state index contributed by atoms with van der Waals surface area (Å²) in [6.45, 7) is 1.42. The van der Waals surface area contributed by atoms with E-state index in [0.29, 0.717) is 11.6 Å². The van der Waals surface area contributed by atoms with E-state index >= 15 is 0 Å². The van der Waals surface area contributed by atoms with Gasteiger partial charge in [-0.3, -0.25) is 0 Å². The molecule has 0 aliphatic rings. The third kappa shape index (κ3) is 4.30. The number of hydrogen-bond acceptors (Lipinski definition) is 5. The fourth-order valence-corrected chi connectivity index (χ4v) is 1.17. The summed E-state index contributed by atoms with van der Waals surface area (Å²) in [5.74, 6) is 5.72. The highest BCUT2D eigenvalue weighted by Crippen LogP contribution is 2.22. The predicted octanol–water partition coefficient (Wildman–Crippen LogP) is 1.51. The molecule has 0 fully saturated rings. The number of aromatic nitrogens is 2. The topological polar surface area (TPSA) is 75.9 Å². The van der Waals surface area contributed by atoms with Gasteiger partial charge in [0.05, 0.1) is 6.42 Å². The Morgan fingerprint density at radius 2 is 2.00 bits per heavy atom. The first-order valence-corrected chi connectivity index (χ1v) is 4.52. The standard InChI is InChI=1S/C8H12F3N5/c1-5(3-8(9,10)11)15-6-2-7(16-12)14-4-13-6/h2,4-5H,3,12H2,1H3,(H2,13,14,15,16). The van der Waals surface area contributed by atoms with Crippen LogP contribution in [0.5, 0.6) is 0 Å². The van der Waals surface area contributed by atoms with Gasteiger partial charge in [-0.05, 0) is 6.92 Å². The minimum Gasteiger partial charge on any atom is -0.367 e.